The molecule has 0 amide bonds. The van der Waals surface area contributed by atoms with Gasteiger partial charge in [-0.2, -0.15) is 0 Å². The third-order valence-electron chi connectivity index (χ3n) is 9.12. The fourth-order valence-corrected chi connectivity index (χ4v) is 9.18. The molecule has 34 heavy (non-hydrogen) atoms. The zero-order chi connectivity index (χ0) is 25.9. The van der Waals surface area contributed by atoms with E-state index in [1.165, 1.54) is 0 Å². The van der Waals surface area contributed by atoms with Crippen LogP contribution in [0.1, 0.15) is 61.3 Å². The number of benzene rings is 1. The predicted octanol–water partition coefficient (Wildman–Crippen LogP) is 5.35. The predicted molar refractivity (Wildman–Crippen MR) is 140 cm³/mol. The summed E-state index contributed by atoms with van der Waals surface area (Å²) in [6.45, 7) is 19.1. The van der Waals surface area contributed by atoms with Crippen LogP contribution in [0.4, 0.5) is 0 Å². The van der Waals surface area contributed by atoms with Gasteiger partial charge in [-0.25, -0.2) is 8.42 Å². The number of fused-ring (bicyclic) bond motifs is 1. The Balaban J connectivity index is 2.19. The molecule has 2 N–H and O–H groups in total. The van der Waals surface area contributed by atoms with E-state index >= 15 is 0 Å². The topological polar surface area (TPSA) is 83.8 Å². The van der Waals surface area contributed by atoms with Gasteiger partial charge in [-0.15, -0.1) is 0 Å². The third-order valence-corrected chi connectivity index (χ3v) is 15.3. The average Bonchev–Trinajstić information content (AvgIpc) is 2.71. The molecule has 0 heterocycles. The molecule has 7 heteroatoms. The summed E-state index contributed by atoms with van der Waals surface area (Å²) in [6, 6.07) is 8.49. The van der Waals surface area contributed by atoms with Crippen molar-refractivity contribution in [1.82, 2.24) is 0 Å². The fourth-order valence-electron chi connectivity index (χ4n) is 6.10. The van der Waals surface area contributed by atoms with E-state index < -0.39 is 35.8 Å². The SMILES string of the molecule is CC1=C(CS(=O)(=O)c2ccccc2)[C@@]2(C)[C@@H](O[Si](C)(C)C(C)(C)C)CCC(C)(C)[C@@H]2[C@@H](O)[C@H]1O. The number of hydrogen-bond donors (Lipinski definition) is 2. The van der Waals surface area contributed by atoms with Crippen molar-refractivity contribution in [3.05, 3.63) is 41.5 Å². The van der Waals surface area contributed by atoms with Gasteiger partial charge in [0.05, 0.1) is 22.9 Å². The zero-order valence-electron chi connectivity index (χ0n) is 22.3. The highest BCUT2D eigenvalue weighted by Gasteiger charge is 2.62. The molecule has 2 aliphatic rings. The van der Waals surface area contributed by atoms with E-state index in [0.717, 1.165) is 12.8 Å². The van der Waals surface area contributed by atoms with Gasteiger partial charge in [-0.1, -0.05) is 59.7 Å². The van der Waals surface area contributed by atoms with Crippen LogP contribution in [0, 0.1) is 16.7 Å². The summed E-state index contributed by atoms with van der Waals surface area (Å²) >= 11 is 0. The van der Waals surface area contributed by atoms with E-state index in [1.807, 2.05) is 0 Å². The molecule has 0 bridgehead atoms. The Hall–Kier alpha value is -0.993. The monoisotopic (exact) mass is 508 g/mol. The van der Waals surface area contributed by atoms with Crippen molar-refractivity contribution in [2.75, 3.05) is 5.75 Å². The van der Waals surface area contributed by atoms with Gasteiger partial charge >= 0.3 is 0 Å². The molecule has 0 unspecified atom stereocenters. The Labute approximate surface area is 207 Å². The quantitative estimate of drug-likeness (QED) is 0.414. The second kappa shape index (κ2) is 8.84. The summed E-state index contributed by atoms with van der Waals surface area (Å²) in [5, 5.41) is 22.5. The van der Waals surface area contributed by atoms with Crippen LogP contribution in [-0.4, -0.2) is 51.0 Å². The Morgan fingerprint density at radius 2 is 1.65 bits per heavy atom. The summed E-state index contributed by atoms with van der Waals surface area (Å²) < 4.78 is 34.1. The van der Waals surface area contributed by atoms with Gasteiger partial charge in [0.1, 0.15) is 6.10 Å². The van der Waals surface area contributed by atoms with Gasteiger partial charge in [-0.05, 0) is 66.6 Å². The molecule has 1 aromatic carbocycles. The second-order valence-corrected chi connectivity index (χ2v) is 19.6. The molecule has 0 aliphatic heterocycles. The van der Waals surface area contributed by atoms with Crippen LogP contribution in [0.15, 0.2) is 46.4 Å². The molecule has 5 atom stereocenters. The molecular formula is C27H44O5SSi. The van der Waals surface area contributed by atoms with Crippen LogP contribution in [0.2, 0.25) is 18.1 Å². The Morgan fingerprint density at radius 1 is 1.09 bits per heavy atom. The molecule has 1 aromatic rings. The van der Waals surface area contributed by atoms with Gasteiger partial charge in [0.15, 0.2) is 18.2 Å². The fraction of sp³-hybridized carbons (Fsp3) is 0.704. The highest BCUT2D eigenvalue weighted by molar-refractivity contribution is 7.91. The minimum atomic E-state index is -3.65. The van der Waals surface area contributed by atoms with Gasteiger partial charge in [0.25, 0.3) is 0 Å². The van der Waals surface area contributed by atoms with Crippen molar-refractivity contribution in [3.8, 4) is 0 Å². The second-order valence-electron chi connectivity index (χ2n) is 12.8. The van der Waals surface area contributed by atoms with E-state index in [0.29, 0.717) is 11.1 Å². The molecule has 192 valence electrons. The van der Waals surface area contributed by atoms with Crippen LogP contribution in [0.25, 0.3) is 0 Å². The lowest BCUT2D eigenvalue weighted by Gasteiger charge is -2.61. The maximum absolute atomic E-state index is 13.6. The van der Waals surface area contributed by atoms with Crippen molar-refractivity contribution in [2.24, 2.45) is 16.7 Å². The summed E-state index contributed by atoms with van der Waals surface area (Å²) in [5.41, 5.74) is 0.259. The van der Waals surface area contributed by atoms with Crippen molar-refractivity contribution in [3.63, 3.8) is 0 Å². The third kappa shape index (κ3) is 4.59. The van der Waals surface area contributed by atoms with Gasteiger partial charge < -0.3 is 14.6 Å². The van der Waals surface area contributed by atoms with Crippen LogP contribution in [0.3, 0.4) is 0 Å². The molecule has 2 aliphatic carbocycles. The minimum Gasteiger partial charge on any atom is -0.413 e. The first-order chi connectivity index (χ1) is 15.4. The first-order valence-electron chi connectivity index (χ1n) is 12.4. The Kier molecular flexibility index (Phi) is 7.17. The zero-order valence-corrected chi connectivity index (χ0v) is 24.2. The first-order valence-corrected chi connectivity index (χ1v) is 16.9. The Morgan fingerprint density at radius 3 is 2.18 bits per heavy atom. The van der Waals surface area contributed by atoms with Crippen molar-refractivity contribution in [1.29, 1.82) is 0 Å². The standard InChI is InChI=1S/C27H44O5SSi/c1-18-20(17-33(30,31)19-13-11-10-12-14-19)27(7)21(32-34(8,9)25(2,3)4)15-16-26(5,6)24(27)23(29)22(18)28/h10-14,21-24,28-29H,15-17H2,1-9H3/t21-,22-,23-,24-,27-/m0/s1. The van der Waals surface area contributed by atoms with Crippen molar-refractivity contribution in [2.45, 2.75) is 103 Å². The lowest BCUT2D eigenvalue weighted by molar-refractivity contribution is -0.153. The van der Waals surface area contributed by atoms with Crippen LogP contribution in [0.5, 0.6) is 0 Å². The van der Waals surface area contributed by atoms with E-state index in [4.69, 9.17) is 4.43 Å². The van der Waals surface area contributed by atoms with Crippen LogP contribution in [-0.2, 0) is 14.3 Å². The summed E-state index contributed by atoms with van der Waals surface area (Å²) in [7, 11) is -5.84. The molecule has 5 nitrogen and oxygen atoms in total. The highest BCUT2D eigenvalue weighted by Crippen LogP contribution is 2.61. The molecule has 0 radical (unpaired) electrons. The molecule has 1 fully saturated rings. The van der Waals surface area contributed by atoms with Crippen molar-refractivity contribution < 1.29 is 23.1 Å². The minimum absolute atomic E-state index is 0.00629. The molecule has 0 spiro atoms. The van der Waals surface area contributed by atoms with Crippen molar-refractivity contribution >= 4 is 18.2 Å². The average molecular weight is 509 g/mol. The van der Waals surface area contributed by atoms with Crippen LogP contribution >= 0.6 is 0 Å². The van der Waals surface area contributed by atoms with E-state index in [2.05, 4.69) is 54.6 Å². The summed E-state index contributed by atoms with van der Waals surface area (Å²) in [6.07, 6.45) is -0.672. The molecular weight excluding hydrogens is 464 g/mol. The summed E-state index contributed by atoms with van der Waals surface area (Å²) in [4.78, 5) is 0.271. The maximum atomic E-state index is 13.6. The van der Waals surface area contributed by atoms with Crippen LogP contribution < -0.4 is 0 Å². The number of rotatable bonds is 5. The molecule has 0 aromatic heterocycles. The molecule has 3 rings (SSSR count). The first kappa shape index (κ1) is 27.6. The van der Waals surface area contributed by atoms with Gasteiger partial charge in [0, 0.05) is 11.3 Å². The van der Waals surface area contributed by atoms with Gasteiger partial charge in [0.2, 0.25) is 0 Å². The lowest BCUT2D eigenvalue weighted by Crippen LogP contribution is -2.64. The number of hydrogen-bond acceptors (Lipinski definition) is 5. The number of sulfone groups is 1. The lowest BCUT2D eigenvalue weighted by atomic mass is 9.48. The Bertz CT molecular complexity index is 1040. The summed E-state index contributed by atoms with van der Waals surface area (Å²) in [5.74, 6) is -0.518. The smallest absolute Gasteiger partial charge is 0.192 e. The maximum Gasteiger partial charge on any atom is 0.192 e. The molecule has 1 saturated carbocycles. The number of aliphatic hydroxyl groups is 2. The van der Waals surface area contributed by atoms with E-state index in [-0.39, 0.29) is 33.1 Å². The highest BCUT2D eigenvalue weighted by atomic mass is 32.2. The van der Waals surface area contributed by atoms with E-state index in [1.54, 1.807) is 37.3 Å². The van der Waals surface area contributed by atoms with Gasteiger partial charge in [-0.3, -0.25) is 0 Å². The largest absolute Gasteiger partial charge is 0.413 e. The van der Waals surface area contributed by atoms with E-state index in [9.17, 15) is 18.6 Å². The normalized spacial score (nSPS) is 32.4. The molecule has 0 saturated heterocycles. The number of aliphatic hydroxyl groups excluding tert-OH is 2.